The van der Waals surface area contributed by atoms with Gasteiger partial charge in [0.25, 0.3) is 0 Å². The van der Waals surface area contributed by atoms with Gasteiger partial charge in [-0.3, -0.25) is 4.90 Å². The van der Waals surface area contributed by atoms with Crippen LogP contribution in [0.1, 0.15) is 62.6 Å². The number of hydrogen-bond acceptors (Lipinski definition) is 7. The second-order valence-electron chi connectivity index (χ2n) is 7.30. The van der Waals surface area contributed by atoms with Crippen molar-refractivity contribution in [2.75, 3.05) is 25.0 Å². The lowest BCUT2D eigenvalue weighted by Crippen LogP contribution is -2.44. The number of carbonyl (C=O) groups is 1. The highest BCUT2D eigenvalue weighted by Crippen LogP contribution is 2.29. The number of furan rings is 1. The van der Waals surface area contributed by atoms with Gasteiger partial charge in [-0.05, 0) is 47.0 Å². The molecule has 148 valence electrons. The fourth-order valence-electron chi connectivity index (χ4n) is 4.01. The molecule has 0 aromatic carbocycles. The van der Waals surface area contributed by atoms with Gasteiger partial charge < -0.3 is 14.5 Å². The Balaban J connectivity index is 1.69. The number of piperidine rings is 1. The summed E-state index contributed by atoms with van der Waals surface area (Å²) in [6.07, 6.45) is 6.35. The molecule has 3 rings (SSSR count). The summed E-state index contributed by atoms with van der Waals surface area (Å²) in [6.45, 7) is 10.3. The molecule has 0 aliphatic carbocycles. The third-order valence-corrected chi connectivity index (χ3v) is 5.41. The van der Waals surface area contributed by atoms with E-state index in [-0.39, 0.29) is 0 Å². The summed E-state index contributed by atoms with van der Waals surface area (Å²) < 4.78 is 10.8. The molecule has 0 spiro atoms. The second-order valence-corrected chi connectivity index (χ2v) is 7.30. The molecule has 2 unspecified atom stereocenters. The lowest BCUT2D eigenvalue weighted by Gasteiger charge is -2.39. The number of rotatable bonds is 7. The van der Waals surface area contributed by atoms with E-state index < -0.39 is 5.97 Å². The van der Waals surface area contributed by atoms with Crippen molar-refractivity contribution in [3.8, 4) is 0 Å². The third-order valence-electron chi connectivity index (χ3n) is 5.41. The molecule has 1 saturated heterocycles. The first-order chi connectivity index (χ1) is 13.0. The lowest BCUT2D eigenvalue weighted by molar-refractivity contribution is 0.0526. The molecule has 0 bridgehead atoms. The first-order valence-corrected chi connectivity index (χ1v) is 9.93. The van der Waals surface area contributed by atoms with Crippen molar-refractivity contribution in [2.24, 2.45) is 0 Å². The van der Waals surface area contributed by atoms with Crippen LogP contribution in [0.15, 0.2) is 10.7 Å². The minimum absolute atomic E-state index is 0.313. The summed E-state index contributed by atoms with van der Waals surface area (Å²) in [4.78, 5) is 23.4. The number of hydrogen-bond donors (Lipinski definition) is 1. The first kappa shape index (κ1) is 19.6. The maximum absolute atomic E-state index is 12.3. The van der Waals surface area contributed by atoms with Gasteiger partial charge in [0, 0.05) is 25.2 Å². The summed E-state index contributed by atoms with van der Waals surface area (Å²) in [5.74, 6) is 0.727. The minimum atomic E-state index is -0.400. The van der Waals surface area contributed by atoms with Crippen molar-refractivity contribution in [1.82, 2.24) is 14.9 Å². The maximum Gasteiger partial charge on any atom is 0.342 e. The molecule has 1 aliphatic rings. The van der Waals surface area contributed by atoms with Gasteiger partial charge in [0.05, 0.1) is 12.0 Å². The summed E-state index contributed by atoms with van der Waals surface area (Å²) in [6, 6.07) is 1.29. The van der Waals surface area contributed by atoms with Crippen molar-refractivity contribution < 1.29 is 13.9 Å². The van der Waals surface area contributed by atoms with Crippen molar-refractivity contribution in [2.45, 2.75) is 65.5 Å². The number of aromatic nitrogens is 2. The third kappa shape index (κ3) is 4.24. The van der Waals surface area contributed by atoms with Crippen molar-refractivity contribution in [1.29, 1.82) is 0 Å². The van der Waals surface area contributed by atoms with E-state index in [1.165, 1.54) is 25.6 Å². The number of esters is 1. The molecule has 2 aromatic heterocycles. The number of aryl methyl sites for hydroxylation is 1. The van der Waals surface area contributed by atoms with Gasteiger partial charge in [-0.25, -0.2) is 14.8 Å². The molecular weight excluding hydrogens is 344 g/mol. The number of fused-ring (bicyclic) bond motifs is 1. The van der Waals surface area contributed by atoms with Gasteiger partial charge in [-0.2, -0.15) is 0 Å². The van der Waals surface area contributed by atoms with E-state index in [0.29, 0.717) is 46.9 Å². The van der Waals surface area contributed by atoms with Crippen LogP contribution >= 0.6 is 0 Å². The lowest BCUT2D eigenvalue weighted by atomic mass is 9.97. The van der Waals surface area contributed by atoms with Crippen LogP contribution in [-0.4, -0.2) is 52.6 Å². The maximum atomic E-state index is 12.3. The number of likely N-dealkylation sites (tertiary alicyclic amines) is 1. The largest absolute Gasteiger partial charge is 0.462 e. The molecule has 7 heteroatoms. The van der Waals surface area contributed by atoms with Crippen LogP contribution in [0.3, 0.4) is 0 Å². The quantitative estimate of drug-likeness (QED) is 0.583. The van der Waals surface area contributed by atoms with Crippen molar-refractivity contribution >= 4 is 22.9 Å². The molecule has 1 N–H and O–H groups in total. The monoisotopic (exact) mass is 374 g/mol. The Hall–Kier alpha value is -2.15. The summed E-state index contributed by atoms with van der Waals surface area (Å²) in [7, 11) is 0. The first-order valence-electron chi connectivity index (χ1n) is 9.93. The number of carbonyl (C=O) groups excluding carboxylic acids is 1. The van der Waals surface area contributed by atoms with Crippen LogP contribution < -0.4 is 5.32 Å². The molecule has 2 aromatic rings. The Morgan fingerprint density at radius 1 is 1.33 bits per heavy atom. The average Bonchev–Trinajstić information content (AvgIpc) is 2.97. The summed E-state index contributed by atoms with van der Waals surface area (Å²) >= 11 is 0. The fourth-order valence-corrected chi connectivity index (χ4v) is 4.01. The van der Waals surface area contributed by atoms with E-state index in [2.05, 4.69) is 34.0 Å². The topological polar surface area (TPSA) is 80.5 Å². The standard InChI is InChI=1S/C20H30N4O3/c1-5-26-20(25)16-15(4)27-19-17(16)18(22-12-23-19)21-10-7-11-24-13(2)8-6-9-14(24)3/h12-14H,5-11H2,1-4H3,(H,21,22,23). The van der Waals surface area contributed by atoms with Gasteiger partial charge >= 0.3 is 5.97 Å². The van der Waals surface area contributed by atoms with E-state index in [0.717, 1.165) is 19.5 Å². The highest BCUT2D eigenvalue weighted by molar-refractivity contribution is 6.07. The number of ether oxygens (including phenoxy) is 1. The number of nitrogens with one attached hydrogen (secondary N) is 1. The van der Waals surface area contributed by atoms with E-state index in [1.54, 1.807) is 13.8 Å². The van der Waals surface area contributed by atoms with Crippen LogP contribution in [0, 0.1) is 6.92 Å². The van der Waals surface area contributed by atoms with Crippen LogP contribution in [0.2, 0.25) is 0 Å². The number of nitrogens with zero attached hydrogens (tertiary/aromatic N) is 3. The summed E-state index contributed by atoms with van der Waals surface area (Å²) in [5.41, 5.74) is 0.819. The highest BCUT2D eigenvalue weighted by Gasteiger charge is 2.25. The SMILES string of the molecule is CCOC(=O)c1c(C)oc2ncnc(NCCCN3C(C)CCCC3C)c12. The van der Waals surface area contributed by atoms with Crippen LogP contribution in [0.4, 0.5) is 5.82 Å². The van der Waals surface area contributed by atoms with E-state index in [1.807, 2.05) is 0 Å². The smallest absolute Gasteiger partial charge is 0.342 e. The van der Waals surface area contributed by atoms with Crippen molar-refractivity contribution in [3.05, 3.63) is 17.7 Å². The van der Waals surface area contributed by atoms with Gasteiger partial charge in [-0.15, -0.1) is 0 Å². The predicted octanol–water partition coefficient (Wildman–Crippen LogP) is 3.77. The summed E-state index contributed by atoms with van der Waals surface area (Å²) in [5, 5.41) is 3.97. The zero-order valence-electron chi connectivity index (χ0n) is 16.7. The molecule has 27 heavy (non-hydrogen) atoms. The molecule has 7 nitrogen and oxygen atoms in total. The fraction of sp³-hybridized carbons (Fsp3) is 0.650. The Kier molecular flexibility index (Phi) is 6.31. The van der Waals surface area contributed by atoms with E-state index in [9.17, 15) is 4.79 Å². The molecule has 2 atom stereocenters. The van der Waals surface area contributed by atoms with Gasteiger partial charge in [0.15, 0.2) is 0 Å². The molecule has 3 heterocycles. The van der Waals surface area contributed by atoms with E-state index >= 15 is 0 Å². The molecule has 0 amide bonds. The molecule has 0 radical (unpaired) electrons. The zero-order chi connectivity index (χ0) is 19.4. The normalized spacial score (nSPS) is 20.7. The Morgan fingerprint density at radius 3 is 2.78 bits per heavy atom. The van der Waals surface area contributed by atoms with Crippen LogP contribution in [-0.2, 0) is 4.74 Å². The zero-order valence-corrected chi connectivity index (χ0v) is 16.7. The van der Waals surface area contributed by atoms with Crippen molar-refractivity contribution in [3.63, 3.8) is 0 Å². The molecule has 1 aliphatic heterocycles. The Labute approximate surface area is 160 Å². The van der Waals surface area contributed by atoms with E-state index in [4.69, 9.17) is 9.15 Å². The highest BCUT2D eigenvalue weighted by atomic mass is 16.5. The minimum Gasteiger partial charge on any atom is -0.462 e. The van der Waals surface area contributed by atoms with Crippen LogP contribution in [0.25, 0.3) is 11.1 Å². The number of anilines is 1. The molecule has 1 fully saturated rings. The average molecular weight is 374 g/mol. The predicted molar refractivity (Wildman–Crippen MR) is 105 cm³/mol. The molecular formula is C20H30N4O3. The second kappa shape index (κ2) is 8.69. The van der Waals surface area contributed by atoms with Crippen LogP contribution in [0.5, 0.6) is 0 Å². The Bertz CT molecular complexity index is 779. The van der Waals surface area contributed by atoms with Gasteiger partial charge in [0.1, 0.15) is 23.5 Å². The van der Waals surface area contributed by atoms with Gasteiger partial charge in [0.2, 0.25) is 5.71 Å². The molecule has 0 saturated carbocycles. The Morgan fingerprint density at radius 2 is 2.07 bits per heavy atom. The van der Waals surface area contributed by atoms with Gasteiger partial charge in [-0.1, -0.05) is 6.42 Å².